The molecule has 28 heavy (non-hydrogen) atoms. The van der Waals surface area contributed by atoms with Crippen LogP contribution in [0.5, 0.6) is 23.0 Å². The van der Waals surface area contributed by atoms with Gasteiger partial charge in [0.05, 0.1) is 14.2 Å². The van der Waals surface area contributed by atoms with Crippen LogP contribution in [0.15, 0.2) is 36.4 Å². The monoisotopic (exact) mass is 386 g/mol. The summed E-state index contributed by atoms with van der Waals surface area (Å²) in [6.45, 7) is 0. The number of carbonyl (C=O) groups excluding carboxylic acids is 2. The Bertz CT molecular complexity index is 876. The quantitative estimate of drug-likeness (QED) is 0.770. The number of cyclic esters (lactones) is 2. The van der Waals surface area contributed by atoms with Gasteiger partial charge in [0.25, 0.3) is 0 Å². The number of phenols is 2. The van der Waals surface area contributed by atoms with Crippen molar-refractivity contribution in [3.63, 3.8) is 0 Å². The summed E-state index contributed by atoms with van der Waals surface area (Å²) in [6, 6.07) is 9.03. The molecule has 2 aromatic carbocycles. The van der Waals surface area contributed by atoms with E-state index in [1.165, 1.54) is 38.5 Å². The smallest absolute Gasteiger partial charge is 0.314 e. The SMILES string of the molecule is COc1cc([C@H]2OC(=O)[C@H]3[C@H]2C(=O)O[C@H]3c2ccc(O)c(OC)c2)ccc1O. The Morgan fingerprint density at radius 1 is 0.750 bits per heavy atom. The number of methoxy groups -OCH3 is 2. The summed E-state index contributed by atoms with van der Waals surface area (Å²) in [6.07, 6.45) is -1.69. The molecule has 0 unspecified atom stereocenters. The maximum atomic E-state index is 12.6. The van der Waals surface area contributed by atoms with Gasteiger partial charge in [-0.05, 0) is 35.4 Å². The number of ether oxygens (including phenoxy) is 4. The van der Waals surface area contributed by atoms with Gasteiger partial charge in [-0.3, -0.25) is 9.59 Å². The van der Waals surface area contributed by atoms with Gasteiger partial charge in [0.2, 0.25) is 0 Å². The van der Waals surface area contributed by atoms with E-state index in [0.29, 0.717) is 11.1 Å². The van der Waals surface area contributed by atoms with E-state index in [2.05, 4.69) is 0 Å². The highest BCUT2D eigenvalue weighted by atomic mass is 16.6. The molecule has 0 radical (unpaired) electrons. The van der Waals surface area contributed by atoms with Crippen LogP contribution in [0.2, 0.25) is 0 Å². The third kappa shape index (κ3) is 2.69. The summed E-state index contributed by atoms with van der Waals surface area (Å²) in [4.78, 5) is 25.2. The first kappa shape index (κ1) is 18.0. The first-order valence-corrected chi connectivity index (χ1v) is 8.59. The van der Waals surface area contributed by atoms with Crippen LogP contribution >= 0.6 is 0 Å². The van der Waals surface area contributed by atoms with Gasteiger partial charge in [0.1, 0.15) is 24.0 Å². The molecule has 0 saturated carbocycles. The molecule has 0 amide bonds. The summed E-state index contributed by atoms with van der Waals surface area (Å²) in [5.41, 5.74) is 1.05. The molecule has 2 N–H and O–H groups in total. The highest BCUT2D eigenvalue weighted by molar-refractivity contribution is 5.89. The van der Waals surface area contributed by atoms with Gasteiger partial charge in [-0.2, -0.15) is 0 Å². The molecule has 146 valence electrons. The lowest BCUT2D eigenvalue weighted by atomic mass is 9.84. The van der Waals surface area contributed by atoms with Crippen LogP contribution in [0.1, 0.15) is 23.3 Å². The van der Waals surface area contributed by atoms with Crippen LogP contribution in [0.3, 0.4) is 0 Å². The first-order chi connectivity index (χ1) is 13.4. The van der Waals surface area contributed by atoms with E-state index in [1.807, 2.05) is 0 Å². The maximum absolute atomic E-state index is 12.6. The highest BCUT2D eigenvalue weighted by Gasteiger charge is 2.60. The van der Waals surface area contributed by atoms with Crippen molar-refractivity contribution in [2.45, 2.75) is 12.2 Å². The van der Waals surface area contributed by atoms with Crippen LogP contribution in [0, 0.1) is 11.8 Å². The number of hydrogen-bond acceptors (Lipinski definition) is 8. The van der Waals surface area contributed by atoms with Crippen molar-refractivity contribution >= 4 is 11.9 Å². The molecule has 8 heteroatoms. The molecule has 2 saturated heterocycles. The van der Waals surface area contributed by atoms with E-state index in [4.69, 9.17) is 18.9 Å². The Labute approximate surface area is 160 Å². The van der Waals surface area contributed by atoms with Gasteiger partial charge in [-0.25, -0.2) is 0 Å². The Morgan fingerprint density at radius 3 is 1.50 bits per heavy atom. The molecule has 0 aromatic heterocycles. The van der Waals surface area contributed by atoms with Crippen molar-refractivity contribution in [3.05, 3.63) is 47.5 Å². The third-order valence-corrected chi connectivity index (χ3v) is 5.13. The van der Waals surface area contributed by atoms with Gasteiger partial charge in [-0.1, -0.05) is 12.1 Å². The minimum atomic E-state index is -0.844. The zero-order chi connectivity index (χ0) is 20.0. The van der Waals surface area contributed by atoms with E-state index in [9.17, 15) is 19.8 Å². The predicted octanol–water partition coefficient (Wildman–Crippen LogP) is 2.24. The number of fused-ring (bicyclic) bond motifs is 1. The second-order valence-electron chi connectivity index (χ2n) is 6.63. The number of carbonyl (C=O) groups is 2. The van der Waals surface area contributed by atoms with Crippen molar-refractivity contribution in [1.29, 1.82) is 0 Å². The molecule has 2 aromatic rings. The molecule has 2 aliphatic heterocycles. The molecule has 0 aliphatic carbocycles. The van der Waals surface area contributed by atoms with E-state index < -0.39 is 36.0 Å². The zero-order valence-corrected chi connectivity index (χ0v) is 15.1. The number of benzene rings is 2. The predicted molar refractivity (Wildman–Crippen MR) is 94.0 cm³/mol. The minimum Gasteiger partial charge on any atom is -0.504 e. The van der Waals surface area contributed by atoms with Crippen LogP contribution in [0.4, 0.5) is 0 Å². The summed E-state index contributed by atoms with van der Waals surface area (Å²) in [7, 11) is 2.81. The molecule has 2 heterocycles. The molecular formula is C20H18O8. The number of hydrogen-bond donors (Lipinski definition) is 2. The molecule has 2 aliphatic rings. The lowest BCUT2D eigenvalue weighted by Gasteiger charge is -2.16. The Balaban J connectivity index is 1.69. The fraction of sp³-hybridized carbons (Fsp3) is 0.300. The number of aromatic hydroxyl groups is 2. The van der Waals surface area contributed by atoms with E-state index in [1.54, 1.807) is 12.1 Å². The lowest BCUT2D eigenvalue weighted by molar-refractivity contribution is -0.154. The number of esters is 2. The normalized spacial score (nSPS) is 25.8. The van der Waals surface area contributed by atoms with Gasteiger partial charge in [0.15, 0.2) is 23.0 Å². The van der Waals surface area contributed by atoms with Gasteiger partial charge in [-0.15, -0.1) is 0 Å². The summed E-state index contributed by atoms with van der Waals surface area (Å²) in [5, 5.41) is 19.6. The van der Waals surface area contributed by atoms with Gasteiger partial charge < -0.3 is 29.2 Å². The van der Waals surface area contributed by atoms with Crippen LogP contribution in [-0.2, 0) is 19.1 Å². The fourth-order valence-electron chi connectivity index (χ4n) is 3.76. The van der Waals surface area contributed by atoms with Crippen molar-refractivity contribution in [3.8, 4) is 23.0 Å². The Kier molecular flexibility index (Phi) is 4.26. The Hall–Kier alpha value is -3.42. The molecule has 2 fully saturated rings. The highest BCUT2D eigenvalue weighted by Crippen LogP contribution is 2.52. The topological polar surface area (TPSA) is 112 Å². The van der Waals surface area contributed by atoms with Crippen molar-refractivity contribution < 1.29 is 38.7 Å². The molecule has 8 nitrogen and oxygen atoms in total. The first-order valence-electron chi connectivity index (χ1n) is 8.59. The fourth-order valence-corrected chi connectivity index (χ4v) is 3.76. The minimum absolute atomic E-state index is 0.0600. The number of phenolic OH excluding ortho intramolecular Hbond substituents is 2. The van der Waals surface area contributed by atoms with E-state index in [0.717, 1.165) is 0 Å². The van der Waals surface area contributed by atoms with Crippen LogP contribution in [-0.4, -0.2) is 36.4 Å². The largest absolute Gasteiger partial charge is 0.504 e. The van der Waals surface area contributed by atoms with Crippen LogP contribution in [0.25, 0.3) is 0 Å². The number of rotatable bonds is 4. The Morgan fingerprint density at radius 2 is 1.14 bits per heavy atom. The summed E-state index contributed by atoms with van der Waals surface area (Å²) < 4.78 is 21.2. The molecule has 4 atom stereocenters. The van der Waals surface area contributed by atoms with Crippen molar-refractivity contribution in [1.82, 2.24) is 0 Å². The van der Waals surface area contributed by atoms with E-state index in [-0.39, 0.29) is 23.0 Å². The third-order valence-electron chi connectivity index (χ3n) is 5.13. The second-order valence-corrected chi connectivity index (χ2v) is 6.63. The zero-order valence-electron chi connectivity index (χ0n) is 15.1. The second kappa shape index (κ2) is 6.63. The van der Waals surface area contributed by atoms with Crippen molar-refractivity contribution in [2.75, 3.05) is 14.2 Å². The molecule has 0 bridgehead atoms. The average molecular weight is 386 g/mol. The molecular weight excluding hydrogens is 368 g/mol. The van der Waals surface area contributed by atoms with Gasteiger partial charge >= 0.3 is 11.9 Å². The summed E-state index contributed by atoms with van der Waals surface area (Å²) >= 11 is 0. The average Bonchev–Trinajstić information content (AvgIpc) is 3.21. The standard InChI is InChI=1S/C20H18O8/c1-25-13-7-9(3-5-11(13)21)17-15-16(20(24)27-17)18(28-19(15)23)10-4-6-12(22)14(8-10)26-2/h3-8,15-18,21-22H,1-2H3/t15-,16+,17-,18+. The molecule has 4 rings (SSSR count). The van der Waals surface area contributed by atoms with E-state index >= 15 is 0 Å². The van der Waals surface area contributed by atoms with Gasteiger partial charge in [0, 0.05) is 0 Å². The van der Waals surface area contributed by atoms with Crippen LogP contribution < -0.4 is 9.47 Å². The summed E-state index contributed by atoms with van der Waals surface area (Å²) in [5.74, 6) is -2.45. The maximum Gasteiger partial charge on any atom is 0.314 e. The molecule has 0 spiro atoms. The van der Waals surface area contributed by atoms with Crippen molar-refractivity contribution in [2.24, 2.45) is 11.8 Å². The lowest BCUT2D eigenvalue weighted by Crippen LogP contribution is -2.19.